The molecule has 1 heterocycles. The molecule has 0 radical (unpaired) electrons. The number of carbonyl (C=O) groups is 2. The SMILES string of the molecule is O=C(Nc1ccc(Cl)cc1Cl)[C@H]1[C@H]2C[C@@H]3[C@@H]1C(=O)O[C@@H]3C2. The summed E-state index contributed by atoms with van der Waals surface area (Å²) in [4.78, 5) is 24.5. The van der Waals surface area contributed by atoms with Crippen LogP contribution in [0.25, 0.3) is 0 Å². The van der Waals surface area contributed by atoms with Gasteiger partial charge in [-0.1, -0.05) is 23.2 Å². The molecule has 4 rings (SSSR count). The molecule has 110 valence electrons. The second-order valence-corrected chi connectivity index (χ2v) is 6.88. The zero-order chi connectivity index (χ0) is 14.7. The fourth-order valence-electron chi connectivity index (χ4n) is 4.17. The van der Waals surface area contributed by atoms with E-state index in [-0.39, 0.29) is 41.7 Å². The maximum absolute atomic E-state index is 12.6. The number of hydrogen-bond donors (Lipinski definition) is 1. The first kappa shape index (κ1) is 13.4. The minimum Gasteiger partial charge on any atom is -0.462 e. The zero-order valence-corrected chi connectivity index (χ0v) is 12.5. The van der Waals surface area contributed by atoms with Crippen LogP contribution in [0.3, 0.4) is 0 Å². The van der Waals surface area contributed by atoms with Crippen LogP contribution in [0.2, 0.25) is 10.0 Å². The van der Waals surface area contributed by atoms with E-state index in [1.807, 2.05) is 0 Å². The number of nitrogens with one attached hydrogen (secondary N) is 1. The van der Waals surface area contributed by atoms with Crippen molar-refractivity contribution in [2.45, 2.75) is 18.9 Å². The van der Waals surface area contributed by atoms with Crippen molar-refractivity contribution in [3.63, 3.8) is 0 Å². The minimum absolute atomic E-state index is 0.0377. The molecule has 5 atom stereocenters. The lowest BCUT2D eigenvalue weighted by Gasteiger charge is -2.23. The van der Waals surface area contributed by atoms with E-state index in [9.17, 15) is 9.59 Å². The highest BCUT2D eigenvalue weighted by atomic mass is 35.5. The third-order valence-corrected chi connectivity index (χ3v) is 5.52. The first-order valence-electron chi connectivity index (χ1n) is 7.01. The normalized spacial score (nSPS) is 35.9. The van der Waals surface area contributed by atoms with Crippen molar-refractivity contribution < 1.29 is 14.3 Å². The first-order chi connectivity index (χ1) is 10.0. The Bertz CT molecular complexity index is 646. The number of anilines is 1. The van der Waals surface area contributed by atoms with Gasteiger partial charge in [0.15, 0.2) is 0 Å². The number of halogens is 2. The van der Waals surface area contributed by atoms with Gasteiger partial charge >= 0.3 is 5.97 Å². The van der Waals surface area contributed by atoms with Crippen LogP contribution in [0, 0.1) is 23.7 Å². The third-order valence-electron chi connectivity index (χ3n) is 4.97. The van der Waals surface area contributed by atoms with Gasteiger partial charge < -0.3 is 10.1 Å². The Labute approximate surface area is 131 Å². The van der Waals surface area contributed by atoms with E-state index in [4.69, 9.17) is 27.9 Å². The molecule has 1 aromatic carbocycles. The van der Waals surface area contributed by atoms with E-state index in [2.05, 4.69) is 5.32 Å². The van der Waals surface area contributed by atoms with Crippen LogP contribution in [-0.2, 0) is 14.3 Å². The molecular formula is C15H13Cl2NO3. The summed E-state index contributed by atoms with van der Waals surface area (Å²) >= 11 is 11.9. The summed E-state index contributed by atoms with van der Waals surface area (Å²) in [5.41, 5.74) is 0.525. The van der Waals surface area contributed by atoms with Gasteiger partial charge in [-0.2, -0.15) is 0 Å². The van der Waals surface area contributed by atoms with Gasteiger partial charge in [0.05, 0.1) is 22.5 Å². The molecule has 0 unspecified atom stereocenters. The number of ether oxygens (including phenoxy) is 1. The summed E-state index contributed by atoms with van der Waals surface area (Å²) in [5.74, 6) is -0.476. The van der Waals surface area contributed by atoms with Crippen LogP contribution in [-0.4, -0.2) is 18.0 Å². The van der Waals surface area contributed by atoms with Gasteiger partial charge in [0.2, 0.25) is 5.91 Å². The van der Waals surface area contributed by atoms with Gasteiger partial charge in [0, 0.05) is 10.9 Å². The Kier molecular flexibility index (Phi) is 2.95. The van der Waals surface area contributed by atoms with Crippen molar-refractivity contribution in [3.05, 3.63) is 28.2 Å². The summed E-state index contributed by atoms with van der Waals surface area (Å²) < 4.78 is 5.35. The summed E-state index contributed by atoms with van der Waals surface area (Å²) in [5, 5.41) is 3.74. The van der Waals surface area contributed by atoms with E-state index in [0.717, 1.165) is 12.8 Å². The van der Waals surface area contributed by atoms with Crippen LogP contribution in [0.15, 0.2) is 18.2 Å². The average molecular weight is 326 g/mol. The summed E-state index contributed by atoms with van der Waals surface area (Å²) in [6, 6.07) is 4.93. The molecule has 2 aliphatic carbocycles. The molecule has 1 aromatic rings. The molecule has 2 saturated carbocycles. The van der Waals surface area contributed by atoms with Crippen LogP contribution >= 0.6 is 23.2 Å². The van der Waals surface area contributed by atoms with Crippen molar-refractivity contribution in [3.8, 4) is 0 Å². The van der Waals surface area contributed by atoms with E-state index in [1.165, 1.54) is 0 Å². The van der Waals surface area contributed by atoms with Gasteiger partial charge in [-0.05, 0) is 37.0 Å². The fourth-order valence-corrected chi connectivity index (χ4v) is 4.63. The molecule has 21 heavy (non-hydrogen) atoms. The molecule has 1 N–H and O–H groups in total. The van der Waals surface area contributed by atoms with E-state index >= 15 is 0 Å². The lowest BCUT2D eigenvalue weighted by Crippen LogP contribution is -2.35. The predicted octanol–water partition coefficient (Wildman–Crippen LogP) is 3.13. The third kappa shape index (κ3) is 1.96. The number of benzene rings is 1. The standard InChI is InChI=1S/C15H13Cl2NO3/c16-7-1-2-10(9(17)5-7)18-14(19)12-6-3-8-11(4-6)21-15(20)13(8)12/h1-2,5-6,8,11-13H,3-4H2,(H,18,19)/t6-,8-,11+,12-,13-/m0/s1. The van der Waals surface area contributed by atoms with Crippen molar-refractivity contribution in [1.82, 2.24) is 0 Å². The topological polar surface area (TPSA) is 55.4 Å². The molecule has 1 saturated heterocycles. The van der Waals surface area contributed by atoms with E-state index in [0.29, 0.717) is 15.7 Å². The molecule has 1 amide bonds. The highest BCUT2D eigenvalue weighted by Crippen LogP contribution is 2.57. The molecule has 0 aromatic heterocycles. The van der Waals surface area contributed by atoms with Crippen molar-refractivity contribution in [1.29, 1.82) is 0 Å². The molecule has 2 bridgehead atoms. The van der Waals surface area contributed by atoms with Crippen molar-refractivity contribution in [2.24, 2.45) is 23.7 Å². The van der Waals surface area contributed by atoms with Crippen molar-refractivity contribution in [2.75, 3.05) is 5.32 Å². The number of carbonyl (C=O) groups excluding carboxylic acids is 2. The maximum atomic E-state index is 12.6. The molecule has 6 heteroatoms. The number of hydrogen-bond acceptors (Lipinski definition) is 3. The number of fused-ring (bicyclic) bond motifs is 1. The van der Waals surface area contributed by atoms with Gasteiger partial charge in [-0.15, -0.1) is 0 Å². The van der Waals surface area contributed by atoms with E-state index < -0.39 is 0 Å². The second-order valence-electron chi connectivity index (χ2n) is 6.04. The lowest BCUT2D eigenvalue weighted by molar-refractivity contribution is -0.145. The number of rotatable bonds is 2. The first-order valence-corrected chi connectivity index (χ1v) is 7.76. The Morgan fingerprint density at radius 1 is 1.29 bits per heavy atom. The quantitative estimate of drug-likeness (QED) is 0.850. The average Bonchev–Trinajstić information content (AvgIpc) is 3.02. The summed E-state index contributed by atoms with van der Waals surface area (Å²) in [6.07, 6.45) is 1.75. The molecular weight excluding hydrogens is 313 g/mol. The number of amides is 1. The Balaban J connectivity index is 1.57. The van der Waals surface area contributed by atoms with Gasteiger partial charge in [-0.25, -0.2) is 0 Å². The molecule has 4 nitrogen and oxygen atoms in total. The van der Waals surface area contributed by atoms with E-state index in [1.54, 1.807) is 18.2 Å². The highest BCUT2D eigenvalue weighted by Gasteiger charge is 2.63. The smallest absolute Gasteiger partial charge is 0.310 e. The lowest BCUT2D eigenvalue weighted by atomic mass is 9.79. The van der Waals surface area contributed by atoms with Crippen molar-refractivity contribution >= 4 is 40.8 Å². The monoisotopic (exact) mass is 325 g/mol. The maximum Gasteiger partial charge on any atom is 0.310 e. The predicted molar refractivity (Wildman–Crippen MR) is 78.2 cm³/mol. The molecule has 3 fully saturated rings. The molecule has 3 aliphatic rings. The summed E-state index contributed by atoms with van der Waals surface area (Å²) in [6.45, 7) is 0. The van der Waals surface area contributed by atoms with Gasteiger partial charge in [0.1, 0.15) is 6.10 Å². The molecule has 1 aliphatic heterocycles. The van der Waals surface area contributed by atoms with Crippen LogP contribution in [0.5, 0.6) is 0 Å². The van der Waals surface area contributed by atoms with Crippen LogP contribution in [0.4, 0.5) is 5.69 Å². The van der Waals surface area contributed by atoms with Crippen LogP contribution < -0.4 is 5.32 Å². The largest absolute Gasteiger partial charge is 0.462 e. The number of esters is 1. The second kappa shape index (κ2) is 4.62. The van der Waals surface area contributed by atoms with Gasteiger partial charge in [0.25, 0.3) is 0 Å². The highest BCUT2D eigenvalue weighted by molar-refractivity contribution is 6.36. The fraction of sp³-hybridized carbons (Fsp3) is 0.467. The summed E-state index contributed by atoms with van der Waals surface area (Å²) in [7, 11) is 0. The Morgan fingerprint density at radius 2 is 2.10 bits per heavy atom. The van der Waals surface area contributed by atoms with Gasteiger partial charge in [-0.3, -0.25) is 9.59 Å². The Morgan fingerprint density at radius 3 is 2.86 bits per heavy atom. The Hall–Kier alpha value is -1.26. The zero-order valence-electron chi connectivity index (χ0n) is 11.0. The minimum atomic E-state index is -0.298. The molecule has 0 spiro atoms. The van der Waals surface area contributed by atoms with Crippen LogP contribution in [0.1, 0.15) is 12.8 Å².